The third-order valence-corrected chi connectivity index (χ3v) is 4.25. The normalized spacial score (nSPS) is 16.0. The van der Waals surface area contributed by atoms with Gasteiger partial charge in [-0.05, 0) is 37.5 Å². The molecule has 0 amide bonds. The molecule has 0 fully saturated rings. The van der Waals surface area contributed by atoms with Gasteiger partial charge in [0.15, 0.2) is 12.5 Å². The molecule has 180 valence electrons. The van der Waals surface area contributed by atoms with E-state index in [1.165, 1.54) is 18.8 Å². The smallest absolute Gasteiger partial charge is 0.197 e. The summed E-state index contributed by atoms with van der Waals surface area (Å²) in [6, 6.07) is 0. The molecule has 0 N–H and O–H groups in total. The Kier molecular flexibility index (Phi) is 38.8. The molecule has 0 spiro atoms. The second kappa shape index (κ2) is 27.5. The van der Waals surface area contributed by atoms with Crippen molar-refractivity contribution < 1.29 is 53.5 Å². The van der Waals surface area contributed by atoms with Gasteiger partial charge in [-0.2, -0.15) is 4.21 Å². The largest absolute Gasteiger partial charge is 0.810 e. The van der Waals surface area contributed by atoms with Crippen LogP contribution >= 0.6 is 17.1 Å². The van der Waals surface area contributed by atoms with Gasteiger partial charge in [0.1, 0.15) is 0 Å². The maximum Gasteiger partial charge on any atom is 0.197 e. The van der Waals surface area contributed by atoms with Gasteiger partial charge in [-0.3, -0.25) is 0 Å². The van der Waals surface area contributed by atoms with Crippen LogP contribution in [0.2, 0.25) is 0 Å². The van der Waals surface area contributed by atoms with E-state index < -0.39 is 17.1 Å². The zero-order valence-corrected chi connectivity index (χ0v) is 26.5. The molecule has 7 nitrogen and oxygen atoms in total. The first-order chi connectivity index (χ1) is 13.2. The van der Waals surface area contributed by atoms with E-state index >= 15 is 0 Å². The standard InChI is InChI=1S/3C4H9O2PS2.Mo.OS/c3*1-2-3-4-6-7(5,8)9;;1-2/h3*3-4H,2H2,1H3,(H2,5,8,9);;/p-6. The van der Waals surface area contributed by atoms with Gasteiger partial charge in [0.05, 0.1) is 18.8 Å². The van der Waals surface area contributed by atoms with E-state index in [9.17, 15) is 14.7 Å². The fourth-order valence-corrected chi connectivity index (χ4v) is 2.24. The SMILES string of the molecule is CCC=COP([O-])(=S)[S-].CCC=COP([O-])(=S)[S-].CCC=COP([O-])(=S)[S-].O=S.[Mo]. The summed E-state index contributed by atoms with van der Waals surface area (Å²) in [7, 11) is 0. The van der Waals surface area contributed by atoms with Crippen LogP contribution in [-0.2, 0) is 119 Å². The number of hydrogen-bond acceptors (Lipinski definition) is 14. The van der Waals surface area contributed by atoms with Gasteiger partial charge < -0.3 is 65.0 Å². The first-order valence-electron chi connectivity index (χ1n) is 7.41. The van der Waals surface area contributed by atoms with Crippen LogP contribution in [0.1, 0.15) is 40.0 Å². The Bertz CT molecular complexity index is 524. The van der Waals surface area contributed by atoms with Crippen molar-refractivity contribution >= 4 is 102 Å². The quantitative estimate of drug-likeness (QED) is 0.153. The molecule has 0 heterocycles. The van der Waals surface area contributed by atoms with Gasteiger partial charge in [-0.1, -0.05) is 73.3 Å². The number of rotatable bonds is 9. The molecule has 3 unspecified atom stereocenters. The minimum absolute atomic E-state index is 0. The van der Waals surface area contributed by atoms with Crippen molar-refractivity contribution in [3.63, 3.8) is 0 Å². The summed E-state index contributed by atoms with van der Waals surface area (Å²) in [5, 5.41) is 0. The maximum absolute atomic E-state index is 10.4. The van der Waals surface area contributed by atoms with Crippen LogP contribution in [0.3, 0.4) is 0 Å². The van der Waals surface area contributed by atoms with Gasteiger partial charge in [0, 0.05) is 21.1 Å². The second-order valence-electron chi connectivity index (χ2n) is 4.00. The van der Waals surface area contributed by atoms with Crippen LogP contribution in [0.25, 0.3) is 0 Å². The summed E-state index contributed by atoms with van der Waals surface area (Å²) in [5.41, 5.74) is -9.35. The van der Waals surface area contributed by atoms with Crippen molar-refractivity contribution in [3.8, 4) is 0 Å². The predicted octanol–water partition coefficient (Wildman–Crippen LogP) is 2.84. The van der Waals surface area contributed by atoms with Crippen molar-refractivity contribution in [3.05, 3.63) is 37.0 Å². The third-order valence-electron chi connectivity index (χ3n) is 1.57. The Labute approximate surface area is 230 Å². The maximum atomic E-state index is 10.4. The molecule has 0 rings (SSSR count). The van der Waals surface area contributed by atoms with Crippen LogP contribution in [-0.4, -0.2) is 4.21 Å². The summed E-state index contributed by atoms with van der Waals surface area (Å²) in [4.78, 5) is 31.3. The third kappa shape index (κ3) is 63.1. The molecule has 0 radical (unpaired) electrons. The Morgan fingerprint density at radius 3 is 0.933 bits per heavy atom. The molecule has 0 aromatic heterocycles. The van der Waals surface area contributed by atoms with E-state index in [1.54, 1.807) is 18.2 Å². The molecule has 0 aliphatic carbocycles. The van der Waals surface area contributed by atoms with Gasteiger partial charge in [-0.25, -0.2) is 0 Å². The van der Waals surface area contributed by atoms with Crippen molar-refractivity contribution in [1.82, 2.24) is 0 Å². The molecule has 0 aliphatic heterocycles. The molecular weight excluding hydrogens is 669 g/mol. The van der Waals surface area contributed by atoms with Crippen LogP contribution in [0.5, 0.6) is 0 Å². The molecule has 0 aromatic rings. The molecule has 30 heavy (non-hydrogen) atoms. The van der Waals surface area contributed by atoms with Gasteiger partial charge in [0.25, 0.3) is 0 Å². The monoisotopic (exact) mass is 692 g/mol. The molecule has 0 aromatic carbocycles. The topological polar surface area (TPSA) is 114 Å². The van der Waals surface area contributed by atoms with E-state index in [2.05, 4.69) is 98.3 Å². The Morgan fingerprint density at radius 2 is 0.833 bits per heavy atom. The molecule has 0 aliphatic rings. The van der Waals surface area contributed by atoms with Crippen molar-refractivity contribution in [1.29, 1.82) is 0 Å². The first-order valence-corrected chi connectivity index (χ1v) is 18.7. The summed E-state index contributed by atoms with van der Waals surface area (Å²) < 4.78 is 21.3. The Balaban J connectivity index is -0.0000000982. The average Bonchev–Trinajstić information content (AvgIpc) is 2.55. The van der Waals surface area contributed by atoms with E-state index in [0.29, 0.717) is 0 Å². The molecular formula is C12H21MoO7P3S7-6. The molecule has 0 saturated heterocycles. The van der Waals surface area contributed by atoms with Crippen molar-refractivity contribution in [2.75, 3.05) is 0 Å². The minimum atomic E-state index is -3.12. The fraction of sp³-hybridized carbons (Fsp3) is 0.500. The number of hydrogen-bond donors (Lipinski definition) is 0. The van der Waals surface area contributed by atoms with Gasteiger partial charge in [0.2, 0.25) is 0 Å². The molecule has 0 saturated carbocycles. The zero-order valence-electron chi connectivity index (χ0n) is 16.1. The van der Waals surface area contributed by atoms with Crippen molar-refractivity contribution in [2.24, 2.45) is 0 Å². The van der Waals surface area contributed by atoms with Crippen LogP contribution < -0.4 is 14.7 Å². The average molecular weight is 691 g/mol. The first kappa shape index (κ1) is 42.4. The van der Waals surface area contributed by atoms with Crippen molar-refractivity contribution in [2.45, 2.75) is 40.0 Å². The predicted molar refractivity (Wildman–Crippen MR) is 135 cm³/mol. The molecule has 0 bridgehead atoms. The van der Waals surface area contributed by atoms with Crippen LogP contribution in [0.4, 0.5) is 0 Å². The zero-order chi connectivity index (χ0) is 24.0. The minimum Gasteiger partial charge on any atom is -0.810 e. The van der Waals surface area contributed by atoms with Gasteiger partial charge in [-0.15, -0.1) is 0 Å². The Hall–Kier alpha value is 2.21. The molecule has 18 heteroatoms. The van der Waals surface area contributed by atoms with E-state index in [-0.39, 0.29) is 21.1 Å². The van der Waals surface area contributed by atoms with Crippen LogP contribution in [0.15, 0.2) is 37.0 Å². The summed E-state index contributed by atoms with van der Waals surface area (Å²) >= 11 is 28.6. The van der Waals surface area contributed by atoms with Crippen LogP contribution in [0, 0.1) is 0 Å². The fourth-order valence-electron chi connectivity index (χ4n) is 0.641. The molecule has 3 atom stereocenters. The number of allylic oxidation sites excluding steroid dienone is 3. The van der Waals surface area contributed by atoms with E-state index in [0.717, 1.165) is 19.3 Å². The van der Waals surface area contributed by atoms with E-state index in [4.69, 9.17) is 4.21 Å². The summed E-state index contributed by atoms with van der Waals surface area (Å²) in [5.74, 6) is 0. The second-order valence-corrected chi connectivity index (χ2v) is 18.0. The van der Waals surface area contributed by atoms with Gasteiger partial charge >= 0.3 is 0 Å². The van der Waals surface area contributed by atoms with E-state index in [1.807, 2.05) is 20.8 Å². The Morgan fingerprint density at radius 1 is 0.667 bits per heavy atom. The summed E-state index contributed by atoms with van der Waals surface area (Å²) in [6.45, 7) is 5.78. The summed E-state index contributed by atoms with van der Waals surface area (Å²) in [6.07, 6.45) is 11.4.